The van der Waals surface area contributed by atoms with Crippen LogP contribution in [0.25, 0.3) is 0 Å². The first-order valence-corrected chi connectivity index (χ1v) is 7.38. The lowest BCUT2D eigenvalue weighted by atomic mass is 10.1. The summed E-state index contributed by atoms with van der Waals surface area (Å²) in [6.45, 7) is 1.65. The fourth-order valence-corrected chi connectivity index (χ4v) is 2.47. The Morgan fingerprint density at radius 3 is 2.86 bits per heavy atom. The summed E-state index contributed by atoms with van der Waals surface area (Å²) in [4.78, 5) is 12.1. The van der Waals surface area contributed by atoms with Crippen LogP contribution in [0.1, 0.15) is 28.9 Å². The van der Waals surface area contributed by atoms with Crippen molar-refractivity contribution in [2.24, 2.45) is 0 Å². The Labute approximate surface area is 128 Å². The second-order valence-electron chi connectivity index (χ2n) is 5.35. The summed E-state index contributed by atoms with van der Waals surface area (Å²) in [6, 6.07) is 8.33. The molecule has 2 aromatic rings. The summed E-state index contributed by atoms with van der Waals surface area (Å²) in [6.07, 6.45) is 3.33. The Balaban J connectivity index is 1.63. The second-order valence-corrected chi connectivity index (χ2v) is 5.35. The van der Waals surface area contributed by atoms with Gasteiger partial charge in [0.15, 0.2) is 0 Å². The number of nitrogens with zero attached hydrogens (tertiary/aromatic N) is 2. The van der Waals surface area contributed by atoms with Gasteiger partial charge in [0.05, 0.1) is 6.54 Å². The molecule has 5 nitrogen and oxygen atoms in total. The average molecular weight is 303 g/mol. The van der Waals surface area contributed by atoms with E-state index in [0.29, 0.717) is 31.0 Å². The van der Waals surface area contributed by atoms with Crippen LogP contribution in [-0.4, -0.2) is 34.9 Å². The number of benzene rings is 1. The van der Waals surface area contributed by atoms with Gasteiger partial charge < -0.3 is 10.1 Å². The molecule has 22 heavy (non-hydrogen) atoms. The first-order valence-electron chi connectivity index (χ1n) is 7.38. The number of carbonyl (C=O) groups excluding carboxylic acids is 1. The molecule has 1 aromatic carbocycles. The standard InChI is InChI=1S/C16H18FN3O2/c17-14-4-2-1-3-12(14)11-20-8-5-15(19-20)16(21)18-13-6-9-22-10-7-13/h1-5,8,13H,6-7,9-11H2,(H,18,21). The van der Waals surface area contributed by atoms with Crippen LogP contribution in [0.5, 0.6) is 0 Å². The maximum Gasteiger partial charge on any atom is 0.271 e. The van der Waals surface area contributed by atoms with Crippen LogP contribution >= 0.6 is 0 Å². The van der Waals surface area contributed by atoms with E-state index in [2.05, 4.69) is 10.4 Å². The molecule has 0 unspecified atom stereocenters. The van der Waals surface area contributed by atoms with Crippen molar-refractivity contribution in [3.63, 3.8) is 0 Å². The van der Waals surface area contributed by atoms with Crippen molar-refractivity contribution in [1.29, 1.82) is 0 Å². The summed E-state index contributed by atoms with van der Waals surface area (Å²) in [7, 11) is 0. The topological polar surface area (TPSA) is 56.1 Å². The van der Waals surface area contributed by atoms with Crippen molar-refractivity contribution < 1.29 is 13.9 Å². The summed E-state index contributed by atoms with van der Waals surface area (Å²) in [5.41, 5.74) is 0.893. The lowest BCUT2D eigenvalue weighted by molar-refractivity contribution is 0.0694. The number of halogens is 1. The van der Waals surface area contributed by atoms with E-state index in [1.165, 1.54) is 6.07 Å². The molecule has 0 bridgehead atoms. The second kappa shape index (κ2) is 6.70. The lowest BCUT2D eigenvalue weighted by Gasteiger charge is -2.22. The summed E-state index contributed by atoms with van der Waals surface area (Å²) < 4.78 is 20.4. The highest BCUT2D eigenvalue weighted by atomic mass is 19.1. The Kier molecular flexibility index (Phi) is 4.48. The zero-order chi connectivity index (χ0) is 15.4. The third-order valence-electron chi connectivity index (χ3n) is 3.72. The highest BCUT2D eigenvalue weighted by Gasteiger charge is 2.18. The zero-order valence-electron chi connectivity index (χ0n) is 12.2. The molecule has 1 N–H and O–H groups in total. The molecule has 6 heteroatoms. The van der Waals surface area contributed by atoms with Crippen LogP contribution < -0.4 is 5.32 Å². The Bertz CT molecular complexity index is 650. The maximum absolute atomic E-state index is 13.6. The van der Waals surface area contributed by atoms with Gasteiger partial charge in [-0.05, 0) is 25.0 Å². The van der Waals surface area contributed by atoms with Gasteiger partial charge in [0.2, 0.25) is 0 Å². The van der Waals surface area contributed by atoms with E-state index in [0.717, 1.165) is 12.8 Å². The molecule has 2 heterocycles. The van der Waals surface area contributed by atoms with Gasteiger partial charge in [-0.3, -0.25) is 9.48 Å². The van der Waals surface area contributed by atoms with Gasteiger partial charge in [-0.25, -0.2) is 4.39 Å². The zero-order valence-corrected chi connectivity index (χ0v) is 12.2. The van der Waals surface area contributed by atoms with E-state index >= 15 is 0 Å². The first-order chi connectivity index (χ1) is 10.7. The van der Waals surface area contributed by atoms with Crippen LogP contribution in [0.15, 0.2) is 36.5 Å². The molecule has 1 aliphatic heterocycles. The highest BCUT2D eigenvalue weighted by molar-refractivity contribution is 5.92. The van der Waals surface area contributed by atoms with Crippen molar-refractivity contribution >= 4 is 5.91 Å². The molecule has 116 valence electrons. The van der Waals surface area contributed by atoms with E-state index in [1.54, 1.807) is 35.1 Å². The van der Waals surface area contributed by atoms with E-state index in [-0.39, 0.29) is 17.8 Å². The largest absolute Gasteiger partial charge is 0.381 e. The van der Waals surface area contributed by atoms with Crippen molar-refractivity contribution in [2.75, 3.05) is 13.2 Å². The number of ether oxygens (including phenoxy) is 1. The molecule has 1 aromatic heterocycles. The number of nitrogens with one attached hydrogen (secondary N) is 1. The minimum Gasteiger partial charge on any atom is -0.381 e. The molecule has 1 saturated heterocycles. The third kappa shape index (κ3) is 3.51. The molecule has 0 saturated carbocycles. The molecule has 1 aliphatic rings. The third-order valence-corrected chi connectivity index (χ3v) is 3.72. The first kappa shape index (κ1) is 14.7. The smallest absolute Gasteiger partial charge is 0.271 e. The Hall–Kier alpha value is -2.21. The van der Waals surface area contributed by atoms with Gasteiger partial charge >= 0.3 is 0 Å². The van der Waals surface area contributed by atoms with Crippen molar-refractivity contribution in [3.8, 4) is 0 Å². The van der Waals surface area contributed by atoms with Crippen LogP contribution in [-0.2, 0) is 11.3 Å². The molecule has 3 rings (SSSR count). The number of aromatic nitrogens is 2. The summed E-state index contributed by atoms with van der Waals surface area (Å²) >= 11 is 0. The SMILES string of the molecule is O=C(NC1CCOCC1)c1ccn(Cc2ccccc2F)n1. The van der Waals surface area contributed by atoms with Crippen molar-refractivity contribution in [3.05, 3.63) is 53.6 Å². The highest BCUT2D eigenvalue weighted by Crippen LogP contribution is 2.10. The molecule has 1 amide bonds. The van der Waals surface area contributed by atoms with Crippen molar-refractivity contribution in [1.82, 2.24) is 15.1 Å². The Morgan fingerprint density at radius 2 is 2.09 bits per heavy atom. The molecule has 0 atom stereocenters. The minimum atomic E-state index is -0.272. The average Bonchev–Trinajstić information content (AvgIpc) is 2.99. The summed E-state index contributed by atoms with van der Waals surface area (Å²) in [5, 5.41) is 7.17. The number of hydrogen-bond donors (Lipinski definition) is 1. The van der Waals surface area contributed by atoms with E-state index in [4.69, 9.17) is 4.74 Å². The quantitative estimate of drug-likeness (QED) is 0.939. The predicted octanol–water partition coefficient (Wildman–Crippen LogP) is 1.98. The molecular formula is C16H18FN3O2. The number of carbonyl (C=O) groups is 1. The fourth-order valence-electron chi connectivity index (χ4n) is 2.47. The maximum atomic E-state index is 13.6. The van der Waals surface area contributed by atoms with Crippen LogP contribution in [0.4, 0.5) is 4.39 Å². The Morgan fingerprint density at radius 1 is 1.32 bits per heavy atom. The van der Waals surface area contributed by atoms with Crippen molar-refractivity contribution in [2.45, 2.75) is 25.4 Å². The number of amides is 1. The van der Waals surface area contributed by atoms with Crippen LogP contribution in [0.2, 0.25) is 0 Å². The van der Waals surface area contributed by atoms with Gasteiger partial charge in [-0.2, -0.15) is 5.10 Å². The molecule has 0 aliphatic carbocycles. The van der Waals surface area contributed by atoms with Gasteiger partial charge in [0, 0.05) is 31.0 Å². The molecule has 1 fully saturated rings. The monoisotopic (exact) mass is 303 g/mol. The molecular weight excluding hydrogens is 285 g/mol. The van der Waals surface area contributed by atoms with Crippen LogP contribution in [0, 0.1) is 5.82 Å². The molecule has 0 spiro atoms. The fraction of sp³-hybridized carbons (Fsp3) is 0.375. The lowest BCUT2D eigenvalue weighted by Crippen LogP contribution is -2.39. The van der Waals surface area contributed by atoms with Gasteiger partial charge in [0.1, 0.15) is 11.5 Å². The summed E-state index contributed by atoms with van der Waals surface area (Å²) in [5.74, 6) is -0.467. The van der Waals surface area contributed by atoms with E-state index in [9.17, 15) is 9.18 Å². The van der Waals surface area contributed by atoms with Gasteiger partial charge in [0.25, 0.3) is 5.91 Å². The van der Waals surface area contributed by atoms with Crippen LogP contribution in [0.3, 0.4) is 0 Å². The minimum absolute atomic E-state index is 0.137. The van der Waals surface area contributed by atoms with Gasteiger partial charge in [-0.1, -0.05) is 18.2 Å². The molecule has 0 radical (unpaired) electrons. The predicted molar refractivity (Wildman–Crippen MR) is 79.0 cm³/mol. The van der Waals surface area contributed by atoms with E-state index < -0.39 is 0 Å². The number of hydrogen-bond acceptors (Lipinski definition) is 3. The van der Waals surface area contributed by atoms with Gasteiger partial charge in [-0.15, -0.1) is 0 Å². The number of rotatable bonds is 4. The van der Waals surface area contributed by atoms with E-state index in [1.807, 2.05) is 0 Å². The normalized spacial score (nSPS) is 15.7.